The fourth-order valence-corrected chi connectivity index (χ4v) is 1.52. The molecule has 0 aliphatic heterocycles. The van der Waals surface area contributed by atoms with Crippen molar-refractivity contribution in [3.63, 3.8) is 0 Å². The Morgan fingerprint density at radius 2 is 2.00 bits per heavy atom. The van der Waals surface area contributed by atoms with E-state index in [1.807, 2.05) is 0 Å². The molecule has 0 bridgehead atoms. The maximum atomic E-state index is 13.1. The van der Waals surface area contributed by atoms with Crippen LogP contribution in [0.1, 0.15) is 19.4 Å². The van der Waals surface area contributed by atoms with E-state index in [4.69, 9.17) is 4.74 Å². The molecule has 0 aliphatic carbocycles. The number of ether oxygens (including phenoxy) is 1. The minimum Gasteiger partial charge on any atom is -0.496 e. The van der Waals surface area contributed by atoms with Gasteiger partial charge in [0.25, 0.3) is 0 Å². The average molecular weight is 263 g/mol. The number of aliphatic hydroxyl groups is 1. The second-order valence-electron chi connectivity index (χ2n) is 3.53. The van der Waals surface area contributed by atoms with E-state index >= 15 is 0 Å². The van der Waals surface area contributed by atoms with Gasteiger partial charge < -0.3 is 9.84 Å². The normalized spacial score (nSPS) is 11.6. The lowest BCUT2D eigenvalue weighted by molar-refractivity contribution is 0.0754. The summed E-state index contributed by atoms with van der Waals surface area (Å²) in [6.45, 7) is 3.24. The van der Waals surface area contributed by atoms with Crippen molar-refractivity contribution in [2.45, 2.75) is 19.4 Å². The van der Waals surface area contributed by atoms with E-state index in [1.54, 1.807) is 13.8 Å². The molecule has 78 valence electrons. The molecule has 0 aromatic heterocycles. The first-order valence-corrected chi connectivity index (χ1v) is 4.91. The van der Waals surface area contributed by atoms with Crippen molar-refractivity contribution in [3.8, 4) is 5.75 Å². The van der Waals surface area contributed by atoms with Crippen molar-refractivity contribution in [2.75, 3.05) is 7.11 Å². The average Bonchev–Trinajstić information content (AvgIpc) is 2.07. The summed E-state index contributed by atoms with van der Waals surface area (Å²) in [5.74, 6) is -0.0620. The van der Waals surface area contributed by atoms with Crippen molar-refractivity contribution >= 4 is 15.9 Å². The summed E-state index contributed by atoms with van der Waals surface area (Å²) in [5, 5.41) is 9.79. The minimum absolute atomic E-state index is 0.315. The Bertz CT molecular complexity index is 345. The second kappa shape index (κ2) is 3.87. The van der Waals surface area contributed by atoms with Crippen molar-refractivity contribution in [1.82, 2.24) is 0 Å². The topological polar surface area (TPSA) is 29.5 Å². The lowest BCUT2D eigenvalue weighted by Gasteiger charge is -2.21. The predicted octanol–water partition coefficient (Wildman–Crippen LogP) is 2.82. The van der Waals surface area contributed by atoms with Crippen LogP contribution >= 0.6 is 15.9 Å². The largest absolute Gasteiger partial charge is 0.496 e. The van der Waals surface area contributed by atoms with E-state index in [9.17, 15) is 9.50 Å². The van der Waals surface area contributed by atoms with Gasteiger partial charge in [0.05, 0.1) is 17.2 Å². The van der Waals surface area contributed by atoms with Gasteiger partial charge in [-0.25, -0.2) is 4.39 Å². The fraction of sp³-hybridized carbons (Fsp3) is 0.400. The molecule has 0 unspecified atom stereocenters. The maximum absolute atomic E-state index is 13.1. The Morgan fingerprint density at radius 1 is 1.43 bits per heavy atom. The van der Waals surface area contributed by atoms with Crippen LogP contribution in [0.5, 0.6) is 5.75 Å². The molecular formula is C10H12BrFO2. The van der Waals surface area contributed by atoms with Gasteiger partial charge in [0.15, 0.2) is 0 Å². The third-order valence-electron chi connectivity index (χ3n) is 1.90. The van der Waals surface area contributed by atoms with E-state index in [2.05, 4.69) is 15.9 Å². The van der Waals surface area contributed by atoms with Crippen LogP contribution in [-0.2, 0) is 5.60 Å². The van der Waals surface area contributed by atoms with Crippen LogP contribution < -0.4 is 4.74 Å². The van der Waals surface area contributed by atoms with E-state index in [1.165, 1.54) is 19.2 Å². The Hall–Kier alpha value is -0.610. The molecule has 0 spiro atoms. The lowest BCUT2D eigenvalue weighted by Crippen LogP contribution is -2.17. The van der Waals surface area contributed by atoms with Gasteiger partial charge in [-0.1, -0.05) is 0 Å². The van der Waals surface area contributed by atoms with Gasteiger partial charge in [0, 0.05) is 11.6 Å². The molecule has 0 radical (unpaired) electrons. The van der Waals surface area contributed by atoms with Crippen molar-refractivity contribution in [1.29, 1.82) is 0 Å². The Morgan fingerprint density at radius 3 is 2.43 bits per heavy atom. The lowest BCUT2D eigenvalue weighted by atomic mass is 9.97. The smallest absolute Gasteiger partial charge is 0.141 e. The fourth-order valence-electron chi connectivity index (χ4n) is 1.18. The summed E-state index contributed by atoms with van der Waals surface area (Å²) in [7, 11) is 1.44. The van der Waals surface area contributed by atoms with E-state index < -0.39 is 11.4 Å². The first-order chi connectivity index (χ1) is 6.36. The van der Waals surface area contributed by atoms with E-state index in [-0.39, 0.29) is 0 Å². The van der Waals surface area contributed by atoms with Crippen LogP contribution in [0.25, 0.3) is 0 Å². The van der Waals surface area contributed by atoms with Crippen LogP contribution in [0, 0.1) is 5.82 Å². The summed E-state index contributed by atoms with van der Waals surface area (Å²) in [4.78, 5) is 0. The minimum atomic E-state index is -1.05. The molecule has 2 nitrogen and oxygen atoms in total. The van der Waals surface area contributed by atoms with Gasteiger partial charge in [-0.15, -0.1) is 0 Å². The predicted molar refractivity (Wildman–Crippen MR) is 55.9 cm³/mol. The van der Waals surface area contributed by atoms with Gasteiger partial charge in [-0.3, -0.25) is 0 Å². The van der Waals surface area contributed by atoms with E-state index in [0.29, 0.717) is 15.8 Å². The summed E-state index contributed by atoms with van der Waals surface area (Å²) in [6, 6.07) is 2.77. The number of rotatable bonds is 2. The molecule has 1 rings (SSSR count). The van der Waals surface area contributed by atoms with Gasteiger partial charge in [-0.05, 0) is 35.8 Å². The Kier molecular flexibility index (Phi) is 3.17. The van der Waals surface area contributed by atoms with E-state index in [0.717, 1.165) is 0 Å². The molecule has 1 aromatic carbocycles. The SMILES string of the molecule is COc1cc(F)c(Br)cc1C(C)(C)O. The molecule has 14 heavy (non-hydrogen) atoms. The number of benzene rings is 1. The highest BCUT2D eigenvalue weighted by Crippen LogP contribution is 2.33. The molecule has 4 heteroatoms. The van der Waals surface area contributed by atoms with Crippen molar-refractivity contribution in [2.24, 2.45) is 0 Å². The molecule has 1 N–H and O–H groups in total. The molecule has 0 saturated heterocycles. The van der Waals surface area contributed by atoms with Crippen molar-refractivity contribution in [3.05, 3.63) is 28.0 Å². The van der Waals surface area contributed by atoms with Crippen LogP contribution in [0.4, 0.5) is 4.39 Å². The third kappa shape index (κ3) is 2.25. The summed E-state index contributed by atoms with van der Waals surface area (Å²) < 4.78 is 18.4. The first-order valence-electron chi connectivity index (χ1n) is 4.12. The number of hydrogen-bond donors (Lipinski definition) is 1. The van der Waals surface area contributed by atoms with Gasteiger partial charge in [0.2, 0.25) is 0 Å². The molecule has 1 aromatic rings. The summed E-state index contributed by atoms with van der Waals surface area (Å²) in [5.41, 5.74) is -0.505. The first kappa shape index (κ1) is 11.5. The number of halogens is 2. The van der Waals surface area contributed by atoms with Gasteiger partial charge in [0.1, 0.15) is 11.6 Å². The highest BCUT2D eigenvalue weighted by atomic mass is 79.9. The zero-order valence-corrected chi connectivity index (χ0v) is 9.85. The van der Waals surface area contributed by atoms with Crippen LogP contribution in [0.15, 0.2) is 16.6 Å². The molecule has 0 heterocycles. The molecule has 0 amide bonds. The number of hydrogen-bond acceptors (Lipinski definition) is 2. The molecule has 0 saturated carbocycles. The zero-order valence-electron chi connectivity index (χ0n) is 8.27. The highest BCUT2D eigenvalue weighted by molar-refractivity contribution is 9.10. The monoisotopic (exact) mass is 262 g/mol. The molecule has 0 fully saturated rings. The second-order valence-corrected chi connectivity index (χ2v) is 4.38. The molecule has 0 aliphatic rings. The van der Waals surface area contributed by atoms with Crippen LogP contribution in [0.2, 0.25) is 0 Å². The third-order valence-corrected chi connectivity index (χ3v) is 2.51. The summed E-state index contributed by atoms with van der Waals surface area (Å²) in [6.07, 6.45) is 0. The molecule has 0 atom stereocenters. The maximum Gasteiger partial charge on any atom is 0.141 e. The standard InChI is InChI=1S/C10H12BrFO2/c1-10(2,13)6-4-7(11)8(12)5-9(6)14-3/h4-5,13H,1-3H3. The van der Waals surface area contributed by atoms with Gasteiger partial charge >= 0.3 is 0 Å². The zero-order chi connectivity index (χ0) is 10.9. The Balaban J connectivity index is 3.35. The Labute approximate surface area is 90.8 Å². The van der Waals surface area contributed by atoms with Gasteiger partial charge in [-0.2, -0.15) is 0 Å². The molecular weight excluding hydrogens is 251 g/mol. The van der Waals surface area contributed by atoms with Crippen LogP contribution in [-0.4, -0.2) is 12.2 Å². The number of methoxy groups -OCH3 is 1. The summed E-state index contributed by atoms with van der Waals surface area (Å²) >= 11 is 3.06. The quantitative estimate of drug-likeness (QED) is 0.889. The van der Waals surface area contributed by atoms with Crippen LogP contribution in [0.3, 0.4) is 0 Å². The highest BCUT2D eigenvalue weighted by Gasteiger charge is 2.22. The van der Waals surface area contributed by atoms with Crippen molar-refractivity contribution < 1.29 is 14.2 Å².